The monoisotopic (exact) mass is 490 g/mol. The molecule has 0 fully saturated rings. The van der Waals surface area contributed by atoms with Crippen LogP contribution in [0.3, 0.4) is 0 Å². The quantitative estimate of drug-likeness (QED) is 0.210. The Bertz CT molecular complexity index is 1060. The molecule has 4 nitrogen and oxygen atoms in total. The smallest absolute Gasteiger partial charge is 0.367 e. The second-order valence-corrected chi connectivity index (χ2v) is 9.87. The lowest BCUT2D eigenvalue weighted by atomic mass is 9.86. The Kier molecular flexibility index (Phi) is 9.18. The van der Waals surface area contributed by atoms with Crippen LogP contribution in [-0.4, -0.2) is 24.3 Å². The normalized spacial score (nSPS) is 16.3. The van der Waals surface area contributed by atoms with Gasteiger partial charge in [-0.15, -0.1) is 0 Å². The number of benzene rings is 1. The number of fused-ring (bicyclic) bond motifs is 1. The number of ether oxygens (including phenoxy) is 3. The fourth-order valence-corrected chi connectivity index (χ4v) is 3.94. The Morgan fingerprint density at radius 3 is 2.44 bits per heavy atom. The van der Waals surface area contributed by atoms with Crippen LogP contribution in [0.15, 0.2) is 41.8 Å². The molecule has 0 aliphatic carbocycles. The molecule has 0 aromatic heterocycles. The van der Waals surface area contributed by atoms with Gasteiger partial charge >= 0.3 is 5.97 Å². The predicted octanol–water partition coefficient (Wildman–Crippen LogP) is 8.10. The minimum atomic E-state index is -0.963. The second-order valence-electron chi connectivity index (χ2n) is 9.50. The second kappa shape index (κ2) is 11.3. The summed E-state index contributed by atoms with van der Waals surface area (Å²) in [6.45, 7) is 17.4. The predicted molar refractivity (Wildman–Crippen MR) is 138 cm³/mol. The Hall–Kier alpha value is -2.53. The van der Waals surface area contributed by atoms with E-state index in [1.54, 1.807) is 13.0 Å². The molecule has 1 aliphatic rings. The van der Waals surface area contributed by atoms with E-state index in [1.165, 1.54) is 13.0 Å². The molecular formula is C28H36ClFO4. The highest BCUT2D eigenvalue weighted by molar-refractivity contribution is 6.34. The Morgan fingerprint density at radius 2 is 1.88 bits per heavy atom. The summed E-state index contributed by atoms with van der Waals surface area (Å²) in [6.07, 6.45) is 7.09. The van der Waals surface area contributed by atoms with Crippen molar-refractivity contribution in [2.45, 2.75) is 74.0 Å². The van der Waals surface area contributed by atoms with Gasteiger partial charge in [-0.3, -0.25) is 0 Å². The minimum Gasteiger partial charge on any atom is -0.489 e. The number of esters is 1. The van der Waals surface area contributed by atoms with Gasteiger partial charge in [-0.1, -0.05) is 43.7 Å². The topological polar surface area (TPSA) is 44.8 Å². The minimum absolute atomic E-state index is 0.0989. The average Bonchev–Trinajstić information content (AvgIpc) is 2.74. The molecular weight excluding hydrogens is 455 g/mol. The van der Waals surface area contributed by atoms with E-state index in [9.17, 15) is 9.18 Å². The lowest BCUT2D eigenvalue weighted by Crippen LogP contribution is -2.30. The SMILES string of the molecule is CCOC(=O)/C(F)=C(C)/C=C/C=C(/C)c1cc2c(c(Cl)c1OC(C)C)OC(C)(C)C=C2C(C)C. The van der Waals surface area contributed by atoms with Crippen LogP contribution in [0.25, 0.3) is 11.1 Å². The van der Waals surface area contributed by atoms with Crippen molar-refractivity contribution in [3.8, 4) is 11.5 Å². The van der Waals surface area contributed by atoms with E-state index in [2.05, 4.69) is 19.9 Å². The van der Waals surface area contributed by atoms with Crippen LogP contribution >= 0.6 is 11.6 Å². The van der Waals surface area contributed by atoms with Gasteiger partial charge in [0.1, 0.15) is 16.4 Å². The van der Waals surface area contributed by atoms with E-state index in [-0.39, 0.29) is 24.2 Å². The molecule has 1 aromatic carbocycles. The number of hydrogen-bond donors (Lipinski definition) is 0. The zero-order valence-corrected chi connectivity index (χ0v) is 22.4. The molecule has 0 saturated heterocycles. The lowest BCUT2D eigenvalue weighted by Gasteiger charge is -2.34. The van der Waals surface area contributed by atoms with Gasteiger partial charge in [0, 0.05) is 11.1 Å². The maximum absolute atomic E-state index is 14.1. The van der Waals surface area contributed by atoms with E-state index in [0.717, 1.165) is 22.3 Å². The molecule has 1 heterocycles. The number of halogens is 2. The standard InChI is InChI=1S/C28H36ClFO4/c1-10-32-27(31)24(30)19(7)13-11-12-18(6)20-14-21-22(16(2)3)15-28(8,9)34-26(21)23(29)25(20)33-17(4)5/h11-17H,10H2,1-9H3/b13-11+,18-12-,24-19-. The summed E-state index contributed by atoms with van der Waals surface area (Å²) in [5.74, 6) is -0.434. The van der Waals surface area contributed by atoms with Gasteiger partial charge in [0.15, 0.2) is 5.75 Å². The first-order valence-corrected chi connectivity index (χ1v) is 12.0. The van der Waals surface area contributed by atoms with Crippen molar-refractivity contribution in [2.24, 2.45) is 5.92 Å². The van der Waals surface area contributed by atoms with E-state index < -0.39 is 17.4 Å². The zero-order valence-electron chi connectivity index (χ0n) is 21.6. The average molecular weight is 491 g/mol. The van der Waals surface area contributed by atoms with Crippen molar-refractivity contribution >= 4 is 28.7 Å². The molecule has 0 unspecified atom stereocenters. The molecule has 0 bridgehead atoms. The third-order valence-corrected chi connectivity index (χ3v) is 5.59. The number of allylic oxidation sites excluding steroid dienone is 6. The lowest BCUT2D eigenvalue weighted by molar-refractivity contribution is -0.140. The van der Waals surface area contributed by atoms with Gasteiger partial charge in [-0.05, 0) is 83.2 Å². The molecule has 1 aromatic rings. The number of carbonyl (C=O) groups is 1. The number of carbonyl (C=O) groups excluding carboxylic acids is 1. The first-order chi connectivity index (χ1) is 15.8. The van der Waals surface area contributed by atoms with Crippen molar-refractivity contribution < 1.29 is 23.4 Å². The first-order valence-electron chi connectivity index (χ1n) is 11.6. The highest BCUT2D eigenvalue weighted by Gasteiger charge is 2.32. The van der Waals surface area contributed by atoms with Crippen LogP contribution in [0.4, 0.5) is 4.39 Å². The number of rotatable bonds is 8. The van der Waals surface area contributed by atoms with E-state index in [0.29, 0.717) is 16.5 Å². The summed E-state index contributed by atoms with van der Waals surface area (Å²) >= 11 is 6.88. The van der Waals surface area contributed by atoms with Crippen molar-refractivity contribution in [2.75, 3.05) is 6.61 Å². The molecule has 0 spiro atoms. The summed E-state index contributed by atoms with van der Waals surface area (Å²) in [5.41, 5.74) is 3.48. The Morgan fingerprint density at radius 1 is 1.24 bits per heavy atom. The summed E-state index contributed by atoms with van der Waals surface area (Å²) < 4.78 is 31.2. The molecule has 0 amide bonds. The van der Waals surface area contributed by atoms with Crippen LogP contribution in [0.5, 0.6) is 11.5 Å². The molecule has 0 radical (unpaired) electrons. The maximum atomic E-state index is 14.1. The fourth-order valence-electron chi connectivity index (χ4n) is 3.65. The van der Waals surface area contributed by atoms with Crippen LogP contribution in [0.2, 0.25) is 5.02 Å². The molecule has 1 aliphatic heterocycles. The Balaban J connectivity index is 2.60. The van der Waals surface area contributed by atoms with Gasteiger partial charge in [0.2, 0.25) is 5.83 Å². The largest absolute Gasteiger partial charge is 0.489 e. The van der Waals surface area contributed by atoms with E-state index >= 15 is 0 Å². The van der Waals surface area contributed by atoms with Crippen molar-refractivity contribution in [1.82, 2.24) is 0 Å². The van der Waals surface area contributed by atoms with Crippen molar-refractivity contribution in [3.63, 3.8) is 0 Å². The van der Waals surface area contributed by atoms with Crippen LogP contribution in [0.1, 0.15) is 73.4 Å². The van der Waals surface area contributed by atoms with Gasteiger partial charge in [-0.25, -0.2) is 4.79 Å². The Labute approximate surface area is 208 Å². The molecule has 2 rings (SSSR count). The highest BCUT2D eigenvalue weighted by atomic mass is 35.5. The maximum Gasteiger partial charge on any atom is 0.367 e. The zero-order chi connectivity index (χ0) is 25.8. The van der Waals surface area contributed by atoms with Crippen LogP contribution < -0.4 is 9.47 Å². The molecule has 6 heteroatoms. The highest BCUT2D eigenvalue weighted by Crippen LogP contribution is 2.50. The molecule has 186 valence electrons. The van der Waals surface area contributed by atoms with Crippen LogP contribution in [0, 0.1) is 5.92 Å². The van der Waals surface area contributed by atoms with Gasteiger partial charge in [0.25, 0.3) is 0 Å². The van der Waals surface area contributed by atoms with Crippen molar-refractivity contribution in [3.05, 3.63) is 57.9 Å². The molecule has 0 saturated carbocycles. The third kappa shape index (κ3) is 6.53. The van der Waals surface area contributed by atoms with Gasteiger partial charge in [0.05, 0.1) is 12.7 Å². The summed E-state index contributed by atoms with van der Waals surface area (Å²) in [5, 5.41) is 0.432. The summed E-state index contributed by atoms with van der Waals surface area (Å²) in [6, 6.07) is 2.04. The van der Waals surface area contributed by atoms with Crippen LogP contribution in [-0.2, 0) is 9.53 Å². The summed E-state index contributed by atoms with van der Waals surface area (Å²) in [4.78, 5) is 11.6. The molecule has 0 N–H and O–H groups in total. The number of hydrogen-bond acceptors (Lipinski definition) is 4. The van der Waals surface area contributed by atoms with Crippen molar-refractivity contribution in [1.29, 1.82) is 0 Å². The third-order valence-electron chi connectivity index (χ3n) is 5.25. The fraction of sp³-hybridized carbons (Fsp3) is 0.464. The summed E-state index contributed by atoms with van der Waals surface area (Å²) in [7, 11) is 0. The van der Waals surface area contributed by atoms with E-state index in [1.807, 2.05) is 46.8 Å². The molecule has 34 heavy (non-hydrogen) atoms. The van der Waals surface area contributed by atoms with E-state index in [4.69, 9.17) is 25.8 Å². The van der Waals surface area contributed by atoms with Gasteiger partial charge < -0.3 is 14.2 Å². The molecule has 0 atom stereocenters. The first kappa shape index (κ1) is 27.7. The van der Waals surface area contributed by atoms with Gasteiger partial charge in [-0.2, -0.15) is 4.39 Å².